The van der Waals surface area contributed by atoms with Crippen LogP contribution in [0.1, 0.15) is 22.3 Å². The van der Waals surface area contributed by atoms with Gasteiger partial charge in [-0.25, -0.2) is 4.39 Å². The lowest BCUT2D eigenvalue weighted by atomic mass is 10.1. The van der Waals surface area contributed by atoms with Gasteiger partial charge in [0.05, 0.1) is 5.56 Å². The van der Waals surface area contributed by atoms with Gasteiger partial charge in [-0.05, 0) is 12.1 Å². The van der Waals surface area contributed by atoms with Gasteiger partial charge in [0.25, 0.3) is 0 Å². The van der Waals surface area contributed by atoms with Gasteiger partial charge in [-0.3, -0.25) is 4.79 Å². The van der Waals surface area contributed by atoms with Crippen molar-refractivity contribution in [2.75, 3.05) is 6.54 Å². The summed E-state index contributed by atoms with van der Waals surface area (Å²) in [6, 6.07) is 4.36. The van der Waals surface area contributed by atoms with Crippen molar-refractivity contribution in [3.63, 3.8) is 0 Å². The standard InChI is InChI=1S/C11H10FNO/c12-11-6-3-5-9(10(11)8-14)4-1-2-7-13/h3,5-6,8H,2,7,13H2. The van der Waals surface area contributed by atoms with Gasteiger partial charge < -0.3 is 5.73 Å². The predicted molar refractivity (Wildman–Crippen MR) is 52.3 cm³/mol. The second kappa shape index (κ2) is 5.15. The van der Waals surface area contributed by atoms with Crippen LogP contribution in [-0.4, -0.2) is 12.8 Å². The lowest BCUT2D eigenvalue weighted by molar-refractivity contribution is 0.111. The summed E-state index contributed by atoms with van der Waals surface area (Å²) in [5.74, 6) is 4.92. The average molecular weight is 191 g/mol. The molecule has 0 fully saturated rings. The van der Waals surface area contributed by atoms with E-state index >= 15 is 0 Å². The third-order valence-electron chi connectivity index (χ3n) is 1.66. The molecule has 1 aromatic rings. The van der Waals surface area contributed by atoms with Crippen LogP contribution in [-0.2, 0) is 0 Å². The Hall–Kier alpha value is -1.66. The van der Waals surface area contributed by atoms with Crippen LogP contribution in [0.15, 0.2) is 18.2 Å². The normalized spacial score (nSPS) is 9.00. The highest BCUT2D eigenvalue weighted by atomic mass is 19.1. The van der Waals surface area contributed by atoms with E-state index in [4.69, 9.17) is 5.73 Å². The van der Waals surface area contributed by atoms with E-state index in [0.29, 0.717) is 24.8 Å². The Kier molecular flexibility index (Phi) is 3.84. The van der Waals surface area contributed by atoms with E-state index in [1.165, 1.54) is 12.1 Å². The maximum Gasteiger partial charge on any atom is 0.154 e. The number of carbonyl (C=O) groups is 1. The smallest absolute Gasteiger partial charge is 0.154 e. The fourth-order valence-electron chi connectivity index (χ4n) is 0.996. The molecule has 1 aromatic carbocycles. The van der Waals surface area contributed by atoms with Gasteiger partial charge in [-0.15, -0.1) is 0 Å². The van der Waals surface area contributed by atoms with E-state index in [1.54, 1.807) is 6.07 Å². The van der Waals surface area contributed by atoms with Crippen molar-refractivity contribution in [1.82, 2.24) is 0 Å². The number of benzene rings is 1. The van der Waals surface area contributed by atoms with Crippen molar-refractivity contribution in [3.05, 3.63) is 35.1 Å². The molecule has 0 heterocycles. The number of hydrogen-bond acceptors (Lipinski definition) is 2. The number of rotatable bonds is 2. The van der Waals surface area contributed by atoms with Crippen LogP contribution in [0.2, 0.25) is 0 Å². The molecule has 14 heavy (non-hydrogen) atoms. The number of hydrogen-bond donors (Lipinski definition) is 1. The van der Waals surface area contributed by atoms with Crippen LogP contribution in [0.4, 0.5) is 4.39 Å². The van der Waals surface area contributed by atoms with Crippen molar-refractivity contribution in [3.8, 4) is 11.8 Å². The highest BCUT2D eigenvalue weighted by Crippen LogP contribution is 2.09. The fraction of sp³-hybridized carbons (Fsp3) is 0.182. The molecule has 0 aromatic heterocycles. The third-order valence-corrected chi connectivity index (χ3v) is 1.66. The van der Waals surface area contributed by atoms with E-state index in [2.05, 4.69) is 11.8 Å². The minimum atomic E-state index is -0.542. The molecular weight excluding hydrogens is 181 g/mol. The van der Waals surface area contributed by atoms with E-state index < -0.39 is 5.82 Å². The van der Waals surface area contributed by atoms with E-state index in [9.17, 15) is 9.18 Å². The number of nitrogens with two attached hydrogens (primary N) is 1. The highest BCUT2D eigenvalue weighted by Gasteiger charge is 2.03. The molecule has 0 aliphatic heterocycles. The first-order valence-corrected chi connectivity index (χ1v) is 4.22. The van der Waals surface area contributed by atoms with Gasteiger partial charge in [-0.1, -0.05) is 17.9 Å². The summed E-state index contributed by atoms with van der Waals surface area (Å²) in [6.45, 7) is 0.457. The van der Waals surface area contributed by atoms with E-state index in [0.717, 1.165) is 0 Å². The van der Waals surface area contributed by atoms with Gasteiger partial charge in [0.15, 0.2) is 6.29 Å². The number of halogens is 1. The zero-order chi connectivity index (χ0) is 10.4. The minimum Gasteiger partial charge on any atom is -0.330 e. The summed E-state index contributed by atoms with van der Waals surface area (Å²) in [5.41, 5.74) is 5.67. The van der Waals surface area contributed by atoms with Crippen molar-refractivity contribution < 1.29 is 9.18 Å². The zero-order valence-corrected chi connectivity index (χ0v) is 7.59. The molecule has 0 amide bonds. The van der Waals surface area contributed by atoms with Gasteiger partial charge in [-0.2, -0.15) is 0 Å². The Bertz CT molecular complexity index is 390. The molecule has 0 atom stereocenters. The molecule has 0 saturated heterocycles. The molecule has 0 bridgehead atoms. The van der Waals surface area contributed by atoms with Gasteiger partial charge in [0.2, 0.25) is 0 Å². The molecular formula is C11H10FNO. The monoisotopic (exact) mass is 191 g/mol. The van der Waals surface area contributed by atoms with Gasteiger partial charge in [0, 0.05) is 18.5 Å². The van der Waals surface area contributed by atoms with Crippen LogP contribution in [0.25, 0.3) is 0 Å². The average Bonchev–Trinajstić information content (AvgIpc) is 2.18. The first-order chi connectivity index (χ1) is 6.79. The lowest BCUT2D eigenvalue weighted by Gasteiger charge is -1.96. The maximum absolute atomic E-state index is 13.0. The fourth-order valence-corrected chi connectivity index (χ4v) is 0.996. The van der Waals surface area contributed by atoms with E-state index in [-0.39, 0.29) is 5.56 Å². The Balaban J connectivity index is 3.04. The highest BCUT2D eigenvalue weighted by molar-refractivity contribution is 5.79. The van der Waals surface area contributed by atoms with Crippen molar-refractivity contribution in [2.45, 2.75) is 6.42 Å². The second-order valence-corrected chi connectivity index (χ2v) is 2.66. The number of carbonyl (C=O) groups excluding carboxylic acids is 1. The minimum absolute atomic E-state index is 0.0111. The van der Waals surface area contributed by atoms with Gasteiger partial charge in [0.1, 0.15) is 5.82 Å². The topological polar surface area (TPSA) is 43.1 Å². The molecule has 2 N–H and O–H groups in total. The first kappa shape index (κ1) is 10.4. The maximum atomic E-state index is 13.0. The Morgan fingerprint density at radius 3 is 2.93 bits per heavy atom. The molecule has 3 heteroatoms. The summed E-state index contributed by atoms with van der Waals surface area (Å²) in [6.07, 6.45) is 1.01. The van der Waals surface area contributed by atoms with Crippen LogP contribution in [0.3, 0.4) is 0 Å². The molecule has 72 valence electrons. The first-order valence-electron chi connectivity index (χ1n) is 4.22. The molecule has 0 saturated carbocycles. The third kappa shape index (κ3) is 2.41. The predicted octanol–water partition coefficient (Wildman–Crippen LogP) is 1.34. The van der Waals surface area contributed by atoms with Crippen LogP contribution in [0, 0.1) is 17.7 Å². The van der Waals surface area contributed by atoms with Crippen molar-refractivity contribution in [1.29, 1.82) is 0 Å². The quantitative estimate of drug-likeness (QED) is 0.566. The Morgan fingerprint density at radius 1 is 1.50 bits per heavy atom. The molecule has 0 unspecified atom stereocenters. The largest absolute Gasteiger partial charge is 0.330 e. The summed E-state index contributed by atoms with van der Waals surface area (Å²) in [5, 5.41) is 0. The van der Waals surface area contributed by atoms with Crippen LogP contribution in [0.5, 0.6) is 0 Å². The van der Waals surface area contributed by atoms with E-state index in [1.807, 2.05) is 0 Å². The zero-order valence-electron chi connectivity index (χ0n) is 7.59. The Labute approximate surface area is 81.9 Å². The second-order valence-electron chi connectivity index (χ2n) is 2.66. The number of aldehydes is 1. The van der Waals surface area contributed by atoms with Crippen molar-refractivity contribution in [2.24, 2.45) is 5.73 Å². The van der Waals surface area contributed by atoms with Gasteiger partial charge >= 0.3 is 0 Å². The molecule has 2 nitrogen and oxygen atoms in total. The lowest BCUT2D eigenvalue weighted by Crippen LogP contribution is -1.96. The molecule has 0 spiro atoms. The summed E-state index contributed by atoms with van der Waals surface area (Å²) >= 11 is 0. The SMILES string of the molecule is NCCC#Cc1cccc(F)c1C=O. The Morgan fingerprint density at radius 2 is 2.29 bits per heavy atom. The summed E-state index contributed by atoms with van der Waals surface area (Å²) in [4.78, 5) is 10.5. The van der Waals surface area contributed by atoms with Crippen molar-refractivity contribution >= 4 is 6.29 Å². The molecule has 1 rings (SSSR count). The summed E-state index contributed by atoms with van der Waals surface area (Å²) < 4.78 is 13.0. The van der Waals surface area contributed by atoms with Crippen LogP contribution < -0.4 is 5.73 Å². The van der Waals surface area contributed by atoms with Crippen LogP contribution >= 0.6 is 0 Å². The molecule has 0 aliphatic rings. The summed E-state index contributed by atoms with van der Waals surface area (Å²) in [7, 11) is 0. The molecule has 0 radical (unpaired) electrons. The molecule has 0 aliphatic carbocycles.